The number of hydrogen-bond donors (Lipinski definition) is 2. The third-order valence-corrected chi connectivity index (χ3v) is 8.27. The van der Waals surface area contributed by atoms with E-state index < -0.39 is 0 Å². The molecule has 2 aromatic rings. The Labute approximate surface area is 183 Å². The van der Waals surface area contributed by atoms with E-state index in [9.17, 15) is 5.11 Å². The average molecular weight is 487 g/mol. The van der Waals surface area contributed by atoms with Crippen molar-refractivity contribution in [1.29, 1.82) is 0 Å². The van der Waals surface area contributed by atoms with Gasteiger partial charge < -0.3 is 15.7 Å². The summed E-state index contributed by atoms with van der Waals surface area (Å²) in [6.45, 7) is 7.82. The molecular weight excluding hydrogens is 462 g/mol. The molecule has 0 bridgehead atoms. The summed E-state index contributed by atoms with van der Waals surface area (Å²) < 4.78 is 0.726. The maximum atomic E-state index is 9.92. The van der Waals surface area contributed by atoms with E-state index in [1.54, 1.807) is 6.20 Å². The number of nitrogens with zero attached hydrogens (tertiary/aromatic N) is 4. The molecule has 0 unspecified atom stereocenters. The first kappa shape index (κ1) is 21.8. The van der Waals surface area contributed by atoms with Gasteiger partial charge >= 0.3 is 0 Å². The summed E-state index contributed by atoms with van der Waals surface area (Å²) in [5, 5.41) is 11.1. The lowest BCUT2D eigenvalue weighted by Gasteiger charge is -2.42. The van der Waals surface area contributed by atoms with Crippen LogP contribution in [0.25, 0.3) is 0 Å². The Morgan fingerprint density at radius 2 is 2.07 bits per heavy atom. The molecule has 9 heteroatoms. The molecule has 1 fully saturated rings. The third-order valence-electron chi connectivity index (χ3n) is 5.55. The summed E-state index contributed by atoms with van der Waals surface area (Å²) in [7, 11) is 0. The molecule has 28 heavy (non-hydrogen) atoms. The average Bonchev–Trinajstić information content (AvgIpc) is 2.67. The molecule has 152 valence electrons. The van der Waals surface area contributed by atoms with Crippen LogP contribution in [-0.4, -0.2) is 39.2 Å². The second kappa shape index (κ2) is 8.83. The molecule has 3 heterocycles. The normalized spacial score (nSPS) is 17.6. The second-order valence-electron chi connectivity index (χ2n) is 7.49. The lowest BCUT2D eigenvalue weighted by molar-refractivity contribution is 0.204. The van der Waals surface area contributed by atoms with Crippen molar-refractivity contribution in [3.8, 4) is 0 Å². The van der Waals surface area contributed by atoms with E-state index >= 15 is 0 Å². The molecule has 1 atom stereocenters. The Hall–Kier alpha value is -0.930. The van der Waals surface area contributed by atoms with Crippen molar-refractivity contribution in [1.82, 2.24) is 15.0 Å². The van der Waals surface area contributed by atoms with Crippen LogP contribution in [-0.2, 0) is 6.61 Å². The van der Waals surface area contributed by atoms with Crippen molar-refractivity contribution >= 4 is 45.1 Å². The van der Waals surface area contributed by atoms with Crippen molar-refractivity contribution in [3.05, 3.63) is 33.3 Å². The van der Waals surface area contributed by atoms with Crippen LogP contribution in [0.3, 0.4) is 0 Å². The van der Waals surface area contributed by atoms with Gasteiger partial charge in [0.1, 0.15) is 15.9 Å². The van der Waals surface area contributed by atoms with E-state index in [1.165, 1.54) is 11.8 Å². The molecule has 0 aliphatic carbocycles. The quantitative estimate of drug-likeness (QED) is 0.612. The van der Waals surface area contributed by atoms with Gasteiger partial charge in [0.05, 0.1) is 16.8 Å². The minimum Gasteiger partial charge on any atom is -0.390 e. The number of halogens is 2. The number of nitrogens with two attached hydrogens (primary N) is 1. The van der Waals surface area contributed by atoms with Gasteiger partial charge in [-0.1, -0.05) is 30.3 Å². The van der Waals surface area contributed by atoms with E-state index in [2.05, 4.69) is 39.7 Å². The molecule has 1 saturated heterocycles. The molecule has 3 N–H and O–H groups in total. The molecule has 6 nitrogen and oxygen atoms in total. The van der Waals surface area contributed by atoms with E-state index in [0.29, 0.717) is 10.8 Å². The predicted molar refractivity (Wildman–Crippen MR) is 117 cm³/mol. The largest absolute Gasteiger partial charge is 0.390 e. The highest BCUT2D eigenvalue weighted by Crippen LogP contribution is 2.39. The van der Waals surface area contributed by atoms with Crippen molar-refractivity contribution in [2.45, 2.75) is 56.2 Å². The van der Waals surface area contributed by atoms with Crippen LogP contribution >= 0.6 is 39.3 Å². The first-order valence-electron chi connectivity index (χ1n) is 9.22. The number of pyridine rings is 1. The number of aliphatic hydroxyl groups excluding tert-OH is 1. The predicted octanol–water partition coefficient (Wildman–Crippen LogP) is 4.19. The number of anilines is 1. The van der Waals surface area contributed by atoms with Gasteiger partial charge in [-0.05, 0) is 54.1 Å². The van der Waals surface area contributed by atoms with E-state index in [-0.39, 0.29) is 18.1 Å². The van der Waals surface area contributed by atoms with Crippen LogP contribution < -0.4 is 10.6 Å². The van der Waals surface area contributed by atoms with Crippen molar-refractivity contribution < 1.29 is 5.11 Å². The first-order valence-corrected chi connectivity index (χ1v) is 11.2. The van der Waals surface area contributed by atoms with Crippen LogP contribution in [0.2, 0.25) is 5.15 Å². The topological polar surface area (TPSA) is 88.2 Å². The van der Waals surface area contributed by atoms with Gasteiger partial charge in [-0.2, -0.15) is 0 Å². The highest BCUT2D eigenvalue weighted by molar-refractivity contribution is 9.10. The highest BCUT2D eigenvalue weighted by Gasteiger charge is 2.34. The SMILES string of the molecule is Cc1nc(N2CCC(C)([C@H](C)N)CC2)c(CO)nc1Sc1ccnc(Cl)c1Br. The van der Waals surface area contributed by atoms with Gasteiger partial charge in [0, 0.05) is 30.2 Å². The number of aromatic nitrogens is 3. The van der Waals surface area contributed by atoms with Gasteiger partial charge in [0.2, 0.25) is 0 Å². The maximum absolute atomic E-state index is 9.92. The van der Waals surface area contributed by atoms with Crippen molar-refractivity contribution in [3.63, 3.8) is 0 Å². The minimum atomic E-state index is -0.157. The summed E-state index contributed by atoms with van der Waals surface area (Å²) in [6.07, 6.45) is 3.65. The second-order valence-corrected chi connectivity index (χ2v) is 9.67. The lowest BCUT2D eigenvalue weighted by Crippen LogP contribution is -2.47. The number of rotatable bonds is 5. The first-order chi connectivity index (χ1) is 13.2. The molecule has 0 amide bonds. The molecular formula is C19H25BrClN5OS. The summed E-state index contributed by atoms with van der Waals surface area (Å²) >= 11 is 11.0. The highest BCUT2D eigenvalue weighted by atomic mass is 79.9. The smallest absolute Gasteiger partial charge is 0.153 e. The molecule has 1 aliphatic heterocycles. The van der Waals surface area contributed by atoms with Gasteiger partial charge in [0.15, 0.2) is 5.82 Å². The fraction of sp³-hybridized carbons (Fsp3) is 0.526. The van der Waals surface area contributed by atoms with Crippen LogP contribution in [0.15, 0.2) is 26.7 Å². The molecule has 0 radical (unpaired) electrons. The fourth-order valence-electron chi connectivity index (χ4n) is 3.25. The molecule has 0 spiro atoms. The van der Waals surface area contributed by atoms with E-state index in [0.717, 1.165) is 51.8 Å². The molecule has 0 aromatic carbocycles. The fourth-order valence-corrected chi connectivity index (χ4v) is 4.81. The maximum Gasteiger partial charge on any atom is 0.153 e. The molecule has 3 rings (SSSR count). The van der Waals surface area contributed by atoms with Crippen LogP contribution in [0.4, 0.5) is 5.82 Å². The van der Waals surface area contributed by atoms with E-state index in [4.69, 9.17) is 27.3 Å². The third kappa shape index (κ3) is 4.46. The van der Waals surface area contributed by atoms with Crippen LogP contribution in [0, 0.1) is 12.3 Å². The van der Waals surface area contributed by atoms with Gasteiger partial charge in [0.25, 0.3) is 0 Å². The Kier molecular flexibility index (Phi) is 6.87. The van der Waals surface area contributed by atoms with E-state index in [1.807, 2.05) is 13.0 Å². The van der Waals surface area contributed by atoms with Crippen LogP contribution in [0.1, 0.15) is 38.1 Å². The number of hydrogen-bond acceptors (Lipinski definition) is 7. The minimum absolute atomic E-state index is 0.140. The molecule has 0 saturated carbocycles. The van der Waals surface area contributed by atoms with Crippen molar-refractivity contribution in [2.24, 2.45) is 11.1 Å². The Bertz CT molecular complexity index is 858. The monoisotopic (exact) mass is 485 g/mol. The zero-order valence-electron chi connectivity index (χ0n) is 16.2. The molecule has 1 aliphatic rings. The number of aliphatic hydroxyl groups is 1. The zero-order chi connectivity index (χ0) is 20.5. The van der Waals surface area contributed by atoms with Crippen molar-refractivity contribution in [2.75, 3.05) is 18.0 Å². The van der Waals surface area contributed by atoms with Gasteiger partial charge in [-0.25, -0.2) is 15.0 Å². The summed E-state index contributed by atoms with van der Waals surface area (Å²) in [6, 6.07) is 2.03. The van der Waals surface area contributed by atoms with Crippen LogP contribution in [0.5, 0.6) is 0 Å². The lowest BCUT2D eigenvalue weighted by atomic mass is 9.75. The Balaban J connectivity index is 1.85. The summed E-state index contributed by atoms with van der Waals surface area (Å²) in [5.41, 5.74) is 7.72. The summed E-state index contributed by atoms with van der Waals surface area (Å²) in [4.78, 5) is 16.7. The Morgan fingerprint density at radius 3 is 2.68 bits per heavy atom. The Morgan fingerprint density at radius 1 is 1.39 bits per heavy atom. The van der Waals surface area contributed by atoms with Gasteiger partial charge in [-0.15, -0.1) is 0 Å². The summed E-state index contributed by atoms with van der Waals surface area (Å²) in [5.74, 6) is 0.767. The molecule has 2 aromatic heterocycles. The number of piperidine rings is 1. The van der Waals surface area contributed by atoms with Gasteiger partial charge in [-0.3, -0.25) is 0 Å². The number of aryl methyl sites for hydroxylation is 1. The standard InChI is InChI=1S/C19H25BrClN5OS/c1-11-18(28-14-4-7-23-16(21)15(14)20)25-13(10-27)17(24-11)26-8-5-19(3,6-9-26)12(2)22/h4,7,12,27H,5-6,8-10,22H2,1-3H3/t12-/m0/s1. The zero-order valence-corrected chi connectivity index (χ0v) is 19.4.